The Hall–Kier alpha value is -2.59. The van der Waals surface area contributed by atoms with Crippen LogP contribution in [0.4, 0.5) is 0 Å². The van der Waals surface area contributed by atoms with Crippen molar-refractivity contribution in [1.29, 1.82) is 5.26 Å². The number of aromatic nitrogens is 2. The molecule has 0 radical (unpaired) electrons. The normalized spacial score (nSPS) is 10.8. The molecule has 3 rings (SSSR count). The molecule has 0 N–H and O–H groups in total. The molecule has 0 amide bonds. The Kier molecular flexibility index (Phi) is 5.66. The smallest absolute Gasteiger partial charge is 0.341 e. The fraction of sp³-hybridized carbons (Fsp3) is 0.211. The van der Waals surface area contributed by atoms with E-state index in [1.165, 1.54) is 7.11 Å². The van der Waals surface area contributed by atoms with Gasteiger partial charge in [-0.1, -0.05) is 35.3 Å². The second-order valence-corrected chi connectivity index (χ2v) is 6.37. The van der Waals surface area contributed by atoms with Crippen molar-refractivity contribution in [3.8, 4) is 17.3 Å². The number of methoxy groups -OCH3 is 1. The number of rotatable bonds is 5. The molecule has 0 saturated heterocycles. The third-order valence-electron chi connectivity index (χ3n) is 3.95. The predicted molar refractivity (Wildman–Crippen MR) is 103 cm³/mol. The highest BCUT2D eigenvalue weighted by Crippen LogP contribution is 2.36. The van der Waals surface area contributed by atoms with Gasteiger partial charge in [-0.3, -0.25) is 4.57 Å². The first kappa shape index (κ1) is 19.2. The standard InChI is InChI=1S/C19H15Cl2N3O3/c1-3-27-19(25)15-16(21)13-8-14(20)24(10-26-2)18(13)23-17(15)12-6-4-11(9-22)5-7-12/h4-8H,3,10H2,1-2H3. The monoisotopic (exact) mass is 403 g/mol. The van der Waals surface area contributed by atoms with Crippen molar-refractivity contribution < 1.29 is 14.3 Å². The summed E-state index contributed by atoms with van der Waals surface area (Å²) in [4.78, 5) is 17.2. The zero-order valence-corrected chi connectivity index (χ0v) is 16.1. The van der Waals surface area contributed by atoms with Gasteiger partial charge in [-0.15, -0.1) is 0 Å². The van der Waals surface area contributed by atoms with Crippen molar-refractivity contribution in [2.45, 2.75) is 13.7 Å². The third kappa shape index (κ3) is 3.50. The quantitative estimate of drug-likeness (QED) is 0.578. The molecule has 0 aliphatic carbocycles. The van der Waals surface area contributed by atoms with Gasteiger partial charge in [-0.05, 0) is 25.1 Å². The average molecular weight is 404 g/mol. The van der Waals surface area contributed by atoms with Crippen molar-refractivity contribution in [1.82, 2.24) is 9.55 Å². The molecule has 2 aromatic heterocycles. The molecule has 0 aliphatic rings. The number of carbonyl (C=O) groups excluding carboxylic acids is 1. The maximum Gasteiger partial charge on any atom is 0.341 e. The largest absolute Gasteiger partial charge is 0.462 e. The summed E-state index contributed by atoms with van der Waals surface area (Å²) in [5.74, 6) is -0.577. The Balaban J connectivity index is 2.33. The lowest BCUT2D eigenvalue weighted by Crippen LogP contribution is -2.10. The lowest BCUT2D eigenvalue weighted by molar-refractivity contribution is 0.0527. The maximum atomic E-state index is 12.6. The molecule has 0 unspecified atom stereocenters. The average Bonchev–Trinajstić information content (AvgIpc) is 2.98. The molecule has 138 valence electrons. The molecule has 8 heteroatoms. The fourth-order valence-corrected chi connectivity index (χ4v) is 3.29. The Morgan fingerprint density at radius 1 is 1.30 bits per heavy atom. The summed E-state index contributed by atoms with van der Waals surface area (Å²) in [7, 11) is 1.54. The van der Waals surface area contributed by atoms with Crippen LogP contribution in [0.2, 0.25) is 10.2 Å². The van der Waals surface area contributed by atoms with Gasteiger partial charge in [-0.2, -0.15) is 5.26 Å². The molecule has 6 nitrogen and oxygen atoms in total. The lowest BCUT2D eigenvalue weighted by atomic mass is 10.0. The van der Waals surface area contributed by atoms with E-state index < -0.39 is 5.97 Å². The highest BCUT2D eigenvalue weighted by molar-refractivity contribution is 6.40. The van der Waals surface area contributed by atoms with Crippen molar-refractivity contribution in [3.05, 3.63) is 51.6 Å². The van der Waals surface area contributed by atoms with E-state index >= 15 is 0 Å². The summed E-state index contributed by atoms with van der Waals surface area (Å²) < 4.78 is 12.0. The van der Waals surface area contributed by atoms with E-state index in [4.69, 9.17) is 37.9 Å². The van der Waals surface area contributed by atoms with E-state index in [9.17, 15) is 4.79 Å². The zero-order chi connectivity index (χ0) is 19.6. The predicted octanol–water partition coefficient (Wildman–Crippen LogP) is 4.66. The number of carbonyl (C=O) groups is 1. The molecular formula is C19H15Cl2N3O3. The van der Waals surface area contributed by atoms with Crippen molar-refractivity contribution in [2.75, 3.05) is 13.7 Å². The summed E-state index contributed by atoms with van der Waals surface area (Å²) in [5.41, 5.74) is 2.11. The molecule has 1 aromatic carbocycles. The van der Waals surface area contributed by atoms with Gasteiger partial charge >= 0.3 is 5.97 Å². The van der Waals surface area contributed by atoms with Gasteiger partial charge in [0, 0.05) is 18.1 Å². The van der Waals surface area contributed by atoms with Crippen LogP contribution < -0.4 is 0 Å². The first-order valence-electron chi connectivity index (χ1n) is 8.06. The molecular weight excluding hydrogens is 389 g/mol. The van der Waals surface area contributed by atoms with Crippen LogP contribution in [0.3, 0.4) is 0 Å². The van der Waals surface area contributed by atoms with Crippen LogP contribution in [0.5, 0.6) is 0 Å². The summed E-state index contributed by atoms with van der Waals surface area (Å²) in [6.07, 6.45) is 0. The minimum Gasteiger partial charge on any atom is -0.462 e. The van der Waals surface area contributed by atoms with Gasteiger partial charge in [0.2, 0.25) is 0 Å². The number of nitrogens with zero attached hydrogens (tertiary/aromatic N) is 3. The number of esters is 1. The molecule has 0 atom stereocenters. The number of nitriles is 1. The van der Waals surface area contributed by atoms with Crippen LogP contribution in [0.25, 0.3) is 22.3 Å². The minimum atomic E-state index is -0.577. The summed E-state index contributed by atoms with van der Waals surface area (Å²) >= 11 is 12.8. The Labute approximate surface area is 165 Å². The number of pyridine rings is 1. The molecule has 27 heavy (non-hydrogen) atoms. The Morgan fingerprint density at radius 2 is 2.00 bits per heavy atom. The number of hydrogen-bond acceptors (Lipinski definition) is 5. The first-order valence-corrected chi connectivity index (χ1v) is 8.82. The lowest BCUT2D eigenvalue weighted by Gasteiger charge is -2.13. The topological polar surface area (TPSA) is 77.1 Å². The second-order valence-electron chi connectivity index (χ2n) is 5.61. The molecule has 2 heterocycles. The van der Waals surface area contributed by atoms with Gasteiger partial charge in [0.15, 0.2) is 0 Å². The van der Waals surface area contributed by atoms with Crippen molar-refractivity contribution in [2.24, 2.45) is 0 Å². The summed E-state index contributed by atoms with van der Waals surface area (Å²) in [6.45, 7) is 2.09. The molecule has 0 saturated carbocycles. The number of halogens is 2. The minimum absolute atomic E-state index is 0.155. The van der Waals surface area contributed by atoms with Crippen LogP contribution >= 0.6 is 23.2 Å². The SMILES string of the molecule is CCOC(=O)c1c(-c2ccc(C#N)cc2)nc2c(cc(Cl)n2COC)c1Cl. The van der Waals surface area contributed by atoms with Gasteiger partial charge in [0.1, 0.15) is 23.1 Å². The van der Waals surface area contributed by atoms with Gasteiger partial charge in [0.05, 0.1) is 29.0 Å². The van der Waals surface area contributed by atoms with Crippen LogP contribution in [0.1, 0.15) is 22.8 Å². The van der Waals surface area contributed by atoms with Gasteiger partial charge in [-0.25, -0.2) is 9.78 Å². The van der Waals surface area contributed by atoms with Crippen molar-refractivity contribution in [3.63, 3.8) is 0 Å². The molecule has 3 aromatic rings. The molecule has 0 bridgehead atoms. The molecule has 0 fully saturated rings. The van der Waals surface area contributed by atoms with Crippen LogP contribution in [-0.4, -0.2) is 29.2 Å². The number of ether oxygens (including phenoxy) is 2. The van der Waals surface area contributed by atoms with E-state index in [2.05, 4.69) is 11.1 Å². The molecule has 0 aliphatic heterocycles. The first-order chi connectivity index (χ1) is 13.0. The maximum absolute atomic E-state index is 12.6. The van der Waals surface area contributed by atoms with Gasteiger partial charge in [0.25, 0.3) is 0 Å². The molecule has 0 spiro atoms. The Morgan fingerprint density at radius 3 is 2.59 bits per heavy atom. The van der Waals surface area contributed by atoms with Crippen LogP contribution in [-0.2, 0) is 16.2 Å². The van der Waals surface area contributed by atoms with E-state index in [0.717, 1.165) is 0 Å². The highest BCUT2D eigenvalue weighted by Gasteiger charge is 2.25. The summed E-state index contributed by atoms with van der Waals surface area (Å²) in [6, 6.07) is 10.4. The van der Waals surface area contributed by atoms with E-state index in [0.29, 0.717) is 33.0 Å². The third-order valence-corrected chi connectivity index (χ3v) is 4.66. The van der Waals surface area contributed by atoms with Gasteiger partial charge < -0.3 is 9.47 Å². The second kappa shape index (κ2) is 7.97. The van der Waals surface area contributed by atoms with E-state index in [-0.39, 0.29) is 23.9 Å². The van der Waals surface area contributed by atoms with Crippen molar-refractivity contribution >= 4 is 40.2 Å². The number of benzene rings is 1. The number of fused-ring (bicyclic) bond motifs is 1. The van der Waals surface area contributed by atoms with E-state index in [1.807, 2.05) is 0 Å². The van der Waals surface area contributed by atoms with Crippen LogP contribution in [0, 0.1) is 11.3 Å². The number of hydrogen-bond donors (Lipinski definition) is 0. The van der Waals surface area contributed by atoms with E-state index in [1.54, 1.807) is 41.8 Å². The zero-order valence-electron chi connectivity index (χ0n) is 14.6. The summed E-state index contributed by atoms with van der Waals surface area (Å²) in [5, 5.41) is 10.1. The Bertz CT molecular complexity index is 1050. The van der Waals surface area contributed by atoms with Crippen LogP contribution in [0.15, 0.2) is 30.3 Å². The fourth-order valence-electron chi connectivity index (χ4n) is 2.74. The highest BCUT2D eigenvalue weighted by atomic mass is 35.5.